The van der Waals surface area contributed by atoms with E-state index in [0.717, 1.165) is 54.6 Å². The first kappa shape index (κ1) is 17.2. The second kappa shape index (κ2) is 8.46. The van der Waals surface area contributed by atoms with E-state index in [-0.39, 0.29) is 12.7 Å². The standard InChI is InChI=1S/C18H24N2O3S/c1-13-20-15(12-24-13)11-22-16-5-3-14-4-6-17(23-18(14)9-16)10-19-7-2-8-21/h3,5,9,12,17,19,21H,2,4,6-8,10-11H2,1H3. The van der Waals surface area contributed by atoms with Gasteiger partial charge in [-0.05, 0) is 44.4 Å². The summed E-state index contributed by atoms with van der Waals surface area (Å²) in [6.45, 7) is 4.33. The molecule has 24 heavy (non-hydrogen) atoms. The molecule has 0 aliphatic carbocycles. The Morgan fingerprint density at radius 3 is 3.17 bits per heavy atom. The quantitative estimate of drug-likeness (QED) is 0.718. The minimum Gasteiger partial charge on any atom is -0.489 e. The van der Waals surface area contributed by atoms with Crippen LogP contribution in [0.5, 0.6) is 11.5 Å². The minimum atomic E-state index is 0.174. The lowest BCUT2D eigenvalue weighted by molar-refractivity contribution is 0.168. The van der Waals surface area contributed by atoms with Gasteiger partial charge in [0.2, 0.25) is 0 Å². The van der Waals surface area contributed by atoms with Gasteiger partial charge in [0.25, 0.3) is 0 Å². The SMILES string of the molecule is Cc1nc(COc2ccc3c(c2)OC(CNCCCO)CC3)cs1. The maximum absolute atomic E-state index is 8.81. The Hall–Kier alpha value is -1.63. The monoisotopic (exact) mass is 348 g/mol. The van der Waals surface area contributed by atoms with Crippen LogP contribution in [0.4, 0.5) is 0 Å². The van der Waals surface area contributed by atoms with E-state index in [1.807, 2.05) is 24.4 Å². The molecular weight excluding hydrogens is 324 g/mol. The molecular formula is C18H24N2O3S. The first-order chi connectivity index (χ1) is 11.7. The molecule has 1 unspecified atom stereocenters. The van der Waals surface area contributed by atoms with Gasteiger partial charge in [0.1, 0.15) is 24.2 Å². The first-order valence-corrected chi connectivity index (χ1v) is 9.27. The van der Waals surface area contributed by atoms with Crippen LogP contribution in [0.2, 0.25) is 0 Å². The van der Waals surface area contributed by atoms with Crippen molar-refractivity contribution in [3.63, 3.8) is 0 Å². The molecule has 0 fully saturated rings. The Morgan fingerprint density at radius 1 is 1.46 bits per heavy atom. The number of rotatable bonds is 8. The number of nitrogens with one attached hydrogen (secondary N) is 1. The molecule has 0 saturated heterocycles. The summed E-state index contributed by atoms with van der Waals surface area (Å²) in [5.74, 6) is 1.73. The zero-order valence-electron chi connectivity index (χ0n) is 14.0. The largest absolute Gasteiger partial charge is 0.489 e. The molecule has 2 heterocycles. The van der Waals surface area contributed by atoms with Crippen molar-refractivity contribution < 1.29 is 14.6 Å². The highest BCUT2D eigenvalue weighted by Gasteiger charge is 2.20. The highest BCUT2D eigenvalue weighted by molar-refractivity contribution is 7.09. The normalized spacial score (nSPS) is 16.5. The Morgan fingerprint density at radius 2 is 2.38 bits per heavy atom. The number of ether oxygens (including phenoxy) is 2. The second-order valence-electron chi connectivity index (χ2n) is 5.98. The molecule has 5 nitrogen and oxygen atoms in total. The van der Waals surface area contributed by atoms with Crippen LogP contribution in [0.15, 0.2) is 23.6 Å². The van der Waals surface area contributed by atoms with E-state index in [2.05, 4.69) is 16.4 Å². The van der Waals surface area contributed by atoms with Crippen LogP contribution in [0, 0.1) is 6.92 Å². The van der Waals surface area contributed by atoms with Gasteiger partial charge in [-0.15, -0.1) is 11.3 Å². The van der Waals surface area contributed by atoms with Crippen molar-refractivity contribution in [3.8, 4) is 11.5 Å². The van der Waals surface area contributed by atoms with E-state index in [0.29, 0.717) is 6.61 Å². The highest BCUT2D eigenvalue weighted by atomic mass is 32.1. The number of fused-ring (bicyclic) bond motifs is 1. The lowest BCUT2D eigenvalue weighted by Gasteiger charge is -2.26. The smallest absolute Gasteiger partial charge is 0.131 e. The fourth-order valence-corrected chi connectivity index (χ4v) is 3.34. The summed E-state index contributed by atoms with van der Waals surface area (Å²) in [7, 11) is 0. The minimum absolute atomic E-state index is 0.174. The van der Waals surface area contributed by atoms with Crippen molar-refractivity contribution in [1.82, 2.24) is 10.3 Å². The number of aryl methyl sites for hydroxylation is 2. The molecule has 0 bridgehead atoms. The van der Waals surface area contributed by atoms with E-state index in [1.54, 1.807) is 11.3 Å². The number of thiazole rings is 1. The number of benzene rings is 1. The van der Waals surface area contributed by atoms with Gasteiger partial charge in [-0.2, -0.15) is 0 Å². The van der Waals surface area contributed by atoms with Gasteiger partial charge in [0.15, 0.2) is 0 Å². The summed E-state index contributed by atoms with van der Waals surface area (Å²) >= 11 is 1.64. The third kappa shape index (κ3) is 4.69. The Kier molecular flexibility index (Phi) is 6.07. The van der Waals surface area contributed by atoms with Crippen LogP contribution in [0.25, 0.3) is 0 Å². The van der Waals surface area contributed by atoms with E-state index >= 15 is 0 Å². The number of aliphatic hydroxyl groups is 1. The van der Waals surface area contributed by atoms with Crippen LogP contribution in [-0.2, 0) is 13.0 Å². The van der Waals surface area contributed by atoms with Crippen LogP contribution in [0.1, 0.15) is 29.1 Å². The molecule has 0 radical (unpaired) electrons. The summed E-state index contributed by atoms with van der Waals surface area (Å²) in [6, 6.07) is 6.07. The predicted molar refractivity (Wildman–Crippen MR) is 94.9 cm³/mol. The molecule has 1 aromatic heterocycles. The van der Waals surface area contributed by atoms with E-state index < -0.39 is 0 Å². The summed E-state index contributed by atoms with van der Waals surface area (Å²) in [5, 5.41) is 15.2. The molecule has 0 amide bonds. The van der Waals surface area contributed by atoms with E-state index in [4.69, 9.17) is 14.6 Å². The van der Waals surface area contributed by atoms with Crippen LogP contribution < -0.4 is 14.8 Å². The molecule has 0 saturated carbocycles. The van der Waals surface area contributed by atoms with Crippen molar-refractivity contribution in [3.05, 3.63) is 39.8 Å². The summed E-state index contributed by atoms with van der Waals surface area (Å²) in [5.41, 5.74) is 2.19. The Bertz CT molecular complexity index is 659. The molecule has 1 aromatic carbocycles. The third-order valence-corrected chi connectivity index (χ3v) is 4.83. The Balaban J connectivity index is 1.54. The van der Waals surface area contributed by atoms with Crippen LogP contribution in [0.3, 0.4) is 0 Å². The van der Waals surface area contributed by atoms with Gasteiger partial charge in [0.05, 0.1) is 10.7 Å². The van der Waals surface area contributed by atoms with Crippen molar-refractivity contribution in [2.75, 3.05) is 19.7 Å². The van der Waals surface area contributed by atoms with E-state index in [1.165, 1.54) is 5.56 Å². The number of hydrogen-bond donors (Lipinski definition) is 2. The summed E-state index contributed by atoms with van der Waals surface area (Å²) in [4.78, 5) is 4.41. The molecule has 1 aliphatic rings. The second-order valence-corrected chi connectivity index (χ2v) is 7.04. The third-order valence-electron chi connectivity index (χ3n) is 4.00. The maximum Gasteiger partial charge on any atom is 0.131 e. The first-order valence-electron chi connectivity index (χ1n) is 8.39. The van der Waals surface area contributed by atoms with Crippen molar-refractivity contribution >= 4 is 11.3 Å². The zero-order chi connectivity index (χ0) is 16.8. The molecule has 6 heteroatoms. The van der Waals surface area contributed by atoms with Gasteiger partial charge >= 0.3 is 0 Å². The van der Waals surface area contributed by atoms with Crippen molar-refractivity contribution in [2.24, 2.45) is 0 Å². The molecule has 2 N–H and O–H groups in total. The molecule has 130 valence electrons. The topological polar surface area (TPSA) is 63.6 Å². The van der Waals surface area contributed by atoms with Gasteiger partial charge in [-0.3, -0.25) is 0 Å². The van der Waals surface area contributed by atoms with E-state index in [9.17, 15) is 0 Å². The Labute approximate surface area is 146 Å². The molecule has 3 rings (SSSR count). The number of nitrogens with zero attached hydrogens (tertiary/aromatic N) is 1. The number of hydrogen-bond acceptors (Lipinski definition) is 6. The lowest BCUT2D eigenvalue weighted by atomic mass is 10.0. The van der Waals surface area contributed by atoms with Crippen LogP contribution >= 0.6 is 11.3 Å². The average Bonchev–Trinajstić information content (AvgIpc) is 3.02. The average molecular weight is 348 g/mol. The number of aliphatic hydroxyl groups excluding tert-OH is 1. The van der Waals surface area contributed by atoms with Gasteiger partial charge in [0, 0.05) is 24.6 Å². The fraction of sp³-hybridized carbons (Fsp3) is 0.500. The van der Waals surface area contributed by atoms with Crippen molar-refractivity contribution in [1.29, 1.82) is 0 Å². The molecule has 0 spiro atoms. The van der Waals surface area contributed by atoms with Gasteiger partial charge in [-0.1, -0.05) is 6.07 Å². The molecule has 1 aliphatic heterocycles. The molecule has 1 atom stereocenters. The summed E-state index contributed by atoms with van der Waals surface area (Å²) < 4.78 is 11.9. The fourth-order valence-electron chi connectivity index (χ4n) is 2.74. The number of aromatic nitrogens is 1. The van der Waals surface area contributed by atoms with Crippen LogP contribution in [-0.4, -0.2) is 35.9 Å². The van der Waals surface area contributed by atoms with Gasteiger partial charge < -0.3 is 19.9 Å². The zero-order valence-corrected chi connectivity index (χ0v) is 14.8. The molecule has 2 aromatic rings. The maximum atomic E-state index is 8.81. The predicted octanol–water partition coefficient (Wildman–Crippen LogP) is 2.70. The lowest BCUT2D eigenvalue weighted by Crippen LogP contribution is -2.34. The van der Waals surface area contributed by atoms with Gasteiger partial charge in [-0.25, -0.2) is 4.98 Å². The summed E-state index contributed by atoms with van der Waals surface area (Å²) in [6.07, 6.45) is 2.98. The highest BCUT2D eigenvalue weighted by Crippen LogP contribution is 2.31. The van der Waals surface area contributed by atoms with Crippen molar-refractivity contribution in [2.45, 2.75) is 38.9 Å².